The molecule has 0 saturated carbocycles. The third kappa shape index (κ3) is 2.64. The Hall–Kier alpha value is -2.15. The molecule has 2 rings (SSSR count). The Kier molecular flexibility index (Phi) is 4.65. The molecule has 22 heavy (non-hydrogen) atoms. The molecule has 0 fully saturated rings. The molecule has 0 bridgehead atoms. The Morgan fingerprint density at radius 2 is 2.36 bits per heavy atom. The van der Waals surface area contributed by atoms with E-state index in [0.29, 0.717) is 17.5 Å². The number of aliphatic hydroxyl groups excluding tert-OH is 1. The molecule has 0 amide bonds. The van der Waals surface area contributed by atoms with Crippen molar-refractivity contribution in [3.05, 3.63) is 39.0 Å². The Labute approximate surface area is 126 Å². The lowest BCUT2D eigenvalue weighted by Crippen LogP contribution is -2.45. The van der Waals surface area contributed by atoms with Crippen LogP contribution in [0.4, 0.5) is 10.1 Å². The maximum absolute atomic E-state index is 13.8. The van der Waals surface area contributed by atoms with E-state index >= 15 is 0 Å². The number of hydrogen-bond acceptors (Lipinski definition) is 5. The lowest BCUT2D eigenvalue weighted by molar-refractivity contribution is 0.0451. The van der Waals surface area contributed by atoms with Gasteiger partial charge < -0.3 is 15.6 Å². The quantitative estimate of drug-likeness (QED) is 0.283. The number of nitrogen functional groups attached to an aromatic ring is 1. The number of ketones is 1. The first-order chi connectivity index (χ1) is 10.5. The number of rotatable bonds is 5. The average Bonchev–Trinajstić information content (AvgIpc) is 2.48. The van der Waals surface area contributed by atoms with Crippen molar-refractivity contribution in [1.82, 2.24) is 0 Å². The molecule has 0 saturated heterocycles. The van der Waals surface area contributed by atoms with Crippen molar-refractivity contribution >= 4 is 11.5 Å². The summed E-state index contributed by atoms with van der Waals surface area (Å²) in [5.74, 6) is -0.929. The maximum Gasteiger partial charge on any atom is 0.179 e. The van der Waals surface area contributed by atoms with Gasteiger partial charge in [0.25, 0.3) is 0 Å². The number of carbonyl (C=O) groups is 1. The number of nitrogens with zero attached hydrogens (tertiary/aromatic N) is 3. The molecule has 1 unspecified atom stereocenters. The second kappa shape index (κ2) is 6.31. The summed E-state index contributed by atoms with van der Waals surface area (Å²) in [6, 6.07) is 1.10. The third-order valence-corrected chi connectivity index (χ3v) is 3.93. The summed E-state index contributed by atoms with van der Waals surface area (Å²) in [7, 11) is 0. The largest absolute Gasteiger partial charge is 0.398 e. The van der Waals surface area contributed by atoms with Gasteiger partial charge in [-0.05, 0) is 42.5 Å². The van der Waals surface area contributed by atoms with Crippen LogP contribution < -0.4 is 5.73 Å². The number of nitrogens with two attached hydrogens (primary N) is 1. The molecule has 1 aliphatic rings. The summed E-state index contributed by atoms with van der Waals surface area (Å²) in [4.78, 5) is 15.5. The summed E-state index contributed by atoms with van der Waals surface area (Å²) in [5.41, 5.74) is 14.3. The van der Waals surface area contributed by atoms with E-state index in [1.165, 1.54) is 0 Å². The number of hydrogen-bond donors (Lipinski definition) is 2. The number of azide groups is 1. The molecule has 8 heteroatoms. The number of ether oxygens (including phenoxy) is 1. The number of Topliss-reactive ketones (excluding diaryl/α,β-unsaturated/α-hetero) is 1. The van der Waals surface area contributed by atoms with Crippen LogP contribution in [0.15, 0.2) is 11.2 Å². The van der Waals surface area contributed by atoms with Crippen molar-refractivity contribution in [3.63, 3.8) is 0 Å². The molecule has 0 aliphatic heterocycles. The van der Waals surface area contributed by atoms with Gasteiger partial charge in [0.1, 0.15) is 11.4 Å². The van der Waals surface area contributed by atoms with Crippen molar-refractivity contribution in [2.24, 2.45) is 5.11 Å². The lowest BCUT2D eigenvalue weighted by atomic mass is 9.75. The molecular formula is C14H17FN4O3. The summed E-state index contributed by atoms with van der Waals surface area (Å²) < 4.78 is 19.0. The van der Waals surface area contributed by atoms with Gasteiger partial charge in [-0.1, -0.05) is 5.11 Å². The Bertz CT molecular complexity index is 658. The summed E-state index contributed by atoms with van der Waals surface area (Å²) in [5, 5.41) is 12.4. The van der Waals surface area contributed by atoms with Gasteiger partial charge in [-0.3, -0.25) is 4.79 Å². The molecular weight excluding hydrogens is 291 g/mol. The predicted octanol–water partition coefficient (Wildman–Crippen LogP) is 1.90. The average molecular weight is 308 g/mol. The monoisotopic (exact) mass is 308 g/mol. The molecule has 0 spiro atoms. The highest BCUT2D eigenvalue weighted by molar-refractivity contribution is 6.09. The van der Waals surface area contributed by atoms with E-state index in [2.05, 4.69) is 10.0 Å². The molecule has 0 aromatic heterocycles. The van der Waals surface area contributed by atoms with Crippen LogP contribution in [0, 0.1) is 12.7 Å². The first-order valence-corrected chi connectivity index (χ1v) is 6.84. The van der Waals surface area contributed by atoms with E-state index in [1.807, 2.05) is 0 Å². The van der Waals surface area contributed by atoms with Crippen molar-refractivity contribution in [3.8, 4) is 0 Å². The van der Waals surface area contributed by atoms with E-state index in [0.717, 1.165) is 6.07 Å². The van der Waals surface area contributed by atoms with E-state index in [9.17, 15) is 9.18 Å². The second-order valence-electron chi connectivity index (χ2n) is 5.25. The normalized spacial score (nSPS) is 20.4. The third-order valence-electron chi connectivity index (χ3n) is 3.93. The molecule has 7 nitrogen and oxygen atoms in total. The maximum atomic E-state index is 13.8. The van der Waals surface area contributed by atoms with E-state index in [1.54, 1.807) is 6.92 Å². The van der Waals surface area contributed by atoms with Gasteiger partial charge in [0.15, 0.2) is 5.78 Å². The zero-order chi connectivity index (χ0) is 16.3. The SMILES string of the molecule is Cc1c(F)cc(N)c2c1CCC(COCCO)(N=[N+]=[N-])C2=O. The van der Waals surface area contributed by atoms with Gasteiger partial charge in [0.2, 0.25) is 0 Å². The molecule has 0 heterocycles. The van der Waals surface area contributed by atoms with Crippen LogP contribution in [-0.4, -0.2) is 36.2 Å². The fraction of sp³-hybridized carbons (Fsp3) is 0.500. The predicted molar refractivity (Wildman–Crippen MR) is 78.0 cm³/mol. The molecule has 1 atom stereocenters. The smallest absolute Gasteiger partial charge is 0.179 e. The lowest BCUT2D eigenvalue weighted by Gasteiger charge is -2.33. The van der Waals surface area contributed by atoms with Gasteiger partial charge in [-0.2, -0.15) is 0 Å². The highest BCUT2D eigenvalue weighted by Crippen LogP contribution is 2.37. The van der Waals surface area contributed by atoms with Crippen LogP contribution in [0.5, 0.6) is 0 Å². The number of fused-ring (bicyclic) bond motifs is 1. The first kappa shape index (κ1) is 16.2. The molecule has 1 aromatic carbocycles. The minimum Gasteiger partial charge on any atom is -0.398 e. The minimum absolute atomic E-state index is 0.0285. The summed E-state index contributed by atoms with van der Waals surface area (Å²) in [6.45, 7) is 1.26. The number of aliphatic hydroxyl groups is 1. The Morgan fingerprint density at radius 3 is 3.00 bits per heavy atom. The van der Waals surface area contributed by atoms with Crippen molar-refractivity contribution < 1.29 is 19.0 Å². The van der Waals surface area contributed by atoms with Gasteiger partial charge in [0.05, 0.1) is 19.8 Å². The highest BCUT2D eigenvalue weighted by Gasteiger charge is 2.44. The summed E-state index contributed by atoms with van der Waals surface area (Å²) in [6.07, 6.45) is 0.564. The van der Waals surface area contributed by atoms with Gasteiger partial charge >= 0.3 is 0 Å². The van der Waals surface area contributed by atoms with Gasteiger partial charge in [0, 0.05) is 16.2 Å². The van der Waals surface area contributed by atoms with Crippen LogP contribution in [0.1, 0.15) is 27.9 Å². The van der Waals surface area contributed by atoms with Gasteiger partial charge in [-0.25, -0.2) is 4.39 Å². The summed E-state index contributed by atoms with van der Waals surface area (Å²) >= 11 is 0. The molecule has 3 N–H and O–H groups in total. The van der Waals surface area contributed by atoms with Crippen molar-refractivity contribution in [2.45, 2.75) is 25.3 Å². The zero-order valence-corrected chi connectivity index (χ0v) is 12.2. The standard InChI is InChI=1S/C14H17FN4O3/c1-8-9-2-3-14(18-19-17,7-22-5-4-20)13(21)12(9)11(16)6-10(8)15/h6,20H,2-5,7,16H2,1H3. The van der Waals surface area contributed by atoms with Crippen LogP contribution >= 0.6 is 0 Å². The number of halogens is 1. The second-order valence-corrected chi connectivity index (χ2v) is 5.25. The molecule has 1 aliphatic carbocycles. The van der Waals surface area contributed by atoms with Crippen LogP contribution in [0.25, 0.3) is 10.4 Å². The Balaban J connectivity index is 2.49. The number of benzene rings is 1. The number of carbonyl (C=O) groups excluding carboxylic acids is 1. The van der Waals surface area contributed by atoms with Crippen molar-refractivity contribution in [2.75, 3.05) is 25.6 Å². The minimum atomic E-state index is -1.41. The molecule has 118 valence electrons. The van der Waals surface area contributed by atoms with Crippen LogP contribution in [0.2, 0.25) is 0 Å². The first-order valence-electron chi connectivity index (χ1n) is 6.84. The van der Waals surface area contributed by atoms with E-state index in [-0.39, 0.29) is 37.5 Å². The highest BCUT2D eigenvalue weighted by atomic mass is 19.1. The van der Waals surface area contributed by atoms with Gasteiger partial charge in [-0.15, -0.1) is 0 Å². The Morgan fingerprint density at radius 1 is 1.64 bits per heavy atom. The fourth-order valence-corrected chi connectivity index (χ4v) is 2.73. The van der Waals surface area contributed by atoms with Crippen molar-refractivity contribution in [1.29, 1.82) is 0 Å². The molecule has 1 aromatic rings. The van der Waals surface area contributed by atoms with E-state index < -0.39 is 17.1 Å². The molecule has 0 radical (unpaired) electrons. The zero-order valence-electron chi connectivity index (χ0n) is 12.2. The van der Waals surface area contributed by atoms with E-state index in [4.69, 9.17) is 21.1 Å². The fourth-order valence-electron chi connectivity index (χ4n) is 2.73. The topological polar surface area (TPSA) is 121 Å². The van der Waals surface area contributed by atoms with Crippen LogP contribution in [-0.2, 0) is 11.2 Å². The van der Waals surface area contributed by atoms with Crippen LogP contribution in [0.3, 0.4) is 0 Å². The number of anilines is 1.